The molecule has 4 aromatic carbocycles. The molecule has 1 amide bonds. The van der Waals surface area contributed by atoms with Crippen molar-refractivity contribution in [3.63, 3.8) is 0 Å². The number of nitrogens with one attached hydrogen (secondary N) is 1. The standard InChI is InChI=1S/C32H29NO5.HPS/c1-22-10-12-23(13-11-22)19-36-25-16-14-24(15-17-25)20-37-31(34)18-33-32(35)38-21-30-28-8-4-2-6-26(28)27-7-3-5-9-29(27)30;1-2/h2-17,30H,18-21H2,1H3,(H,33,35);1H. The van der Waals surface area contributed by atoms with E-state index >= 15 is 0 Å². The van der Waals surface area contributed by atoms with Gasteiger partial charge in [-0.05, 0) is 60.5 Å². The van der Waals surface area contributed by atoms with E-state index < -0.39 is 12.1 Å². The van der Waals surface area contributed by atoms with Gasteiger partial charge < -0.3 is 19.5 Å². The Labute approximate surface area is 241 Å². The monoisotopic (exact) mass is 571 g/mol. The van der Waals surface area contributed by atoms with Crippen molar-refractivity contribution in [1.29, 1.82) is 0 Å². The second-order valence-corrected chi connectivity index (χ2v) is 9.26. The van der Waals surface area contributed by atoms with Crippen LogP contribution in [-0.4, -0.2) is 25.2 Å². The zero-order valence-corrected chi connectivity index (χ0v) is 23.9. The van der Waals surface area contributed by atoms with Gasteiger partial charge in [-0.2, -0.15) is 0 Å². The summed E-state index contributed by atoms with van der Waals surface area (Å²) in [5, 5.41) is 2.48. The minimum Gasteiger partial charge on any atom is -0.489 e. The fourth-order valence-corrected chi connectivity index (χ4v) is 4.54. The Balaban J connectivity index is 0.00000181. The van der Waals surface area contributed by atoms with Crippen molar-refractivity contribution in [2.24, 2.45) is 0 Å². The maximum absolute atomic E-state index is 12.3. The van der Waals surface area contributed by atoms with E-state index in [1.165, 1.54) is 5.56 Å². The van der Waals surface area contributed by atoms with Crippen LogP contribution >= 0.6 is 8.02 Å². The molecule has 40 heavy (non-hydrogen) atoms. The first kappa shape index (κ1) is 28.9. The van der Waals surface area contributed by atoms with Crippen LogP contribution in [-0.2, 0) is 39.3 Å². The van der Waals surface area contributed by atoms with E-state index in [9.17, 15) is 9.59 Å². The Morgan fingerprint density at radius 1 is 0.750 bits per heavy atom. The normalized spacial score (nSPS) is 11.3. The molecule has 4 aromatic rings. The predicted molar refractivity (Wildman–Crippen MR) is 161 cm³/mol. The van der Waals surface area contributed by atoms with Crippen molar-refractivity contribution in [3.8, 4) is 16.9 Å². The third-order valence-electron chi connectivity index (χ3n) is 6.57. The number of hydrogen-bond donors (Lipinski definition) is 1. The third kappa shape index (κ3) is 7.53. The maximum Gasteiger partial charge on any atom is 0.407 e. The smallest absolute Gasteiger partial charge is 0.407 e. The Bertz CT molecular complexity index is 1400. The molecule has 6 nitrogen and oxygen atoms in total. The molecular formula is C32H30NO5PS. The first-order valence-corrected chi connectivity index (χ1v) is 14.4. The van der Waals surface area contributed by atoms with Crippen molar-refractivity contribution in [3.05, 3.63) is 125 Å². The largest absolute Gasteiger partial charge is 0.489 e. The van der Waals surface area contributed by atoms with Crippen LogP contribution in [0.25, 0.3) is 11.1 Å². The van der Waals surface area contributed by atoms with E-state index in [0.29, 0.717) is 6.61 Å². The van der Waals surface area contributed by atoms with Gasteiger partial charge in [0.05, 0.1) is 0 Å². The van der Waals surface area contributed by atoms with Gasteiger partial charge in [0.2, 0.25) is 0 Å². The van der Waals surface area contributed by atoms with Crippen molar-refractivity contribution in [2.45, 2.75) is 26.1 Å². The molecule has 0 unspecified atom stereocenters. The highest BCUT2D eigenvalue weighted by molar-refractivity contribution is 7.88. The molecule has 8 heteroatoms. The number of ether oxygens (including phenoxy) is 3. The summed E-state index contributed by atoms with van der Waals surface area (Å²) < 4.78 is 16.5. The number of rotatable bonds is 9. The van der Waals surface area contributed by atoms with Gasteiger partial charge in [-0.1, -0.05) is 102 Å². The lowest BCUT2D eigenvalue weighted by atomic mass is 9.98. The van der Waals surface area contributed by atoms with Crippen LogP contribution < -0.4 is 10.1 Å². The SMILES string of the molecule is Cc1ccc(COc2ccc(COC(=O)CNC(=O)OCC3c4ccccc4-c4ccccc43)cc2)cc1.P=S. The summed E-state index contributed by atoms with van der Waals surface area (Å²) in [6.45, 7) is 2.55. The number of benzene rings is 4. The van der Waals surface area contributed by atoms with Crippen LogP contribution in [0.3, 0.4) is 0 Å². The molecule has 0 radical (unpaired) electrons. The molecule has 0 fully saturated rings. The molecule has 0 spiro atoms. The van der Waals surface area contributed by atoms with Crippen LogP contribution in [0.1, 0.15) is 33.7 Å². The van der Waals surface area contributed by atoms with E-state index in [1.807, 2.05) is 67.6 Å². The Morgan fingerprint density at radius 3 is 1.93 bits per heavy atom. The maximum atomic E-state index is 12.3. The topological polar surface area (TPSA) is 73.9 Å². The van der Waals surface area contributed by atoms with E-state index in [-0.39, 0.29) is 25.7 Å². The van der Waals surface area contributed by atoms with Crippen molar-refractivity contribution in [1.82, 2.24) is 5.32 Å². The zero-order valence-electron chi connectivity index (χ0n) is 22.1. The van der Waals surface area contributed by atoms with Gasteiger partial charge >= 0.3 is 12.1 Å². The Hall–Kier alpha value is -4.06. The molecule has 5 rings (SSSR count). The summed E-state index contributed by atoms with van der Waals surface area (Å²) in [6, 6.07) is 31.8. The first-order valence-electron chi connectivity index (χ1n) is 12.8. The van der Waals surface area contributed by atoms with Crippen molar-refractivity contribution < 1.29 is 23.8 Å². The Morgan fingerprint density at radius 2 is 1.30 bits per heavy atom. The summed E-state index contributed by atoms with van der Waals surface area (Å²) in [5.74, 6) is 0.153. The lowest BCUT2D eigenvalue weighted by Gasteiger charge is -2.14. The van der Waals surface area contributed by atoms with Crippen LogP contribution in [0, 0.1) is 6.92 Å². The number of alkyl carbamates (subject to hydrolysis) is 1. The molecule has 0 saturated heterocycles. The van der Waals surface area contributed by atoms with Crippen LogP contribution in [0.15, 0.2) is 97.1 Å². The molecule has 1 aliphatic carbocycles. The highest BCUT2D eigenvalue weighted by Gasteiger charge is 2.29. The molecule has 0 bridgehead atoms. The minimum absolute atomic E-state index is 0.0380. The number of carbonyl (C=O) groups is 2. The highest BCUT2D eigenvalue weighted by atomic mass is 32.4. The Kier molecular flexibility index (Phi) is 10.4. The van der Waals surface area contributed by atoms with Crippen LogP contribution in [0.5, 0.6) is 5.75 Å². The van der Waals surface area contributed by atoms with Crippen molar-refractivity contribution >= 4 is 31.9 Å². The van der Waals surface area contributed by atoms with E-state index in [0.717, 1.165) is 39.1 Å². The molecule has 1 aliphatic rings. The van der Waals surface area contributed by atoms with Gasteiger partial charge in [-0.15, -0.1) is 0 Å². The molecule has 0 aromatic heterocycles. The highest BCUT2D eigenvalue weighted by Crippen LogP contribution is 2.44. The average Bonchev–Trinajstić information content (AvgIpc) is 3.32. The summed E-state index contributed by atoms with van der Waals surface area (Å²) in [6.07, 6.45) is -0.654. The van der Waals surface area contributed by atoms with Gasteiger partial charge in [0.25, 0.3) is 0 Å². The second-order valence-electron chi connectivity index (χ2n) is 9.26. The first-order chi connectivity index (χ1) is 19.6. The number of hydrogen-bond acceptors (Lipinski definition) is 6. The third-order valence-corrected chi connectivity index (χ3v) is 6.57. The number of amides is 1. The van der Waals surface area contributed by atoms with Gasteiger partial charge in [-0.25, -0.2) is 4.79 Å². The lowest BCUT2D eigenvalue weighted by molar-refractivity contribution is -0.143. The summed E-state index contributed by atoms with van der Waals surface area (Å²) in [7, 11) is 2.56. The van der Waals surface area contributed by atoms with Gasteiger partial charge in [0.1, 0.15) is 32.1 Å². The average molecular weight is 572 g/mol. The lowest BCUT2D eigenvalue weighted by Crippen LogP contribution is -2.32. The predicted octanol–water partition coefficient (Wildman–Crippen LogP) is 6.75. The molecule has 0 aliphatic heterocycles. The number of esters is 1. The molecule has 204 valence electrons. The van der Waals surface area contributed by atoms with E-state index in [2.05, 4.69) is 61.5 Å². The zero-order chi connectivity index (χ0) is 28.3. The summed E-state index contributed by atoms with van der Waals surface area (Å²) in [4.78, 5) is 24.4. The van der Waals surface area contributed by atoms with Crippen LogP contribution in [0.4, 0.5) is 4.79 Å². The van der Waals surface area contributed by atoms with Gasteiger partial charge in [-0.3, -0.25) is 4.79 Å². The fourth-order valence-electron chi connectivity index (χ4n) is 4.54. The molecule has 0 heterocycles. The number of aryl methyl sites for hydroxylation is 1. The van der Waals surface area contributed by atoms with E-state index in [4.69, 9.17) is 14.2 Å². The molecule has 1 N–H and O–H groups in total. The minimum atomic E-state index is -0.654. The number of carbonyl (C=O) groups excluding carboxylic acids is 2. The van der Waals surface area contributed by atoms with E-state index in [1.54, 1.807) is 0 Å². The molecule has 0 saturated carbocycles. The van der Waals surface area contributed by atoms with Crippen LogP contribution in [0.2, 0.25) is 0 Å². The van der Waals surface area contributed by atoms with Crippen molar-refractivity contribution in [2.75, 3.05) is 13.2 Å². The van der Waals surface area contributed by atoms with Gasteiger partial charge in [0.15, 0.2) is 0 Å². The summed E-state index contributed by atoms with van der Waals surface area (Å²) >= 11 is 3.89. The van der Waals surface area contributed by atoms with Gasteiger partial charge in [0, 0.05) is 5.92 Å². The molecule has 0 atom stereocenters. The quantitative estimate of drug-likeness (QED) is 0.177. The molecular weight excluding hydrogens is 541 g/mol. The second kappa shape index (κ2) is 14.4. The fraction of sp³-hybridized carbons (Fsp3) is 0.188. The number of fused-ring (bicyclic) bond motifs is 3. The summed E-state index contributed by atoms with van der Waals surface area (Å²) in [5.41, 5.74) is 7.71.